The van der Waals surface area contributed by atoms with Crippen molar-refractivity contribution in [2.24, 2.45) is 5.92 Å². The van der Waals surface area contributed by atoms with Gasteiger partial charge in [0.25, 0.3) is 0 Å². The molecule has 0 aliphatic heterocycles. The number of aliphatic carboxylic acids is 2. The van der Waals surface area contributed by atoms with Crippen LogP contribution in [-0.4, -0.2) is 24.0 Å². The van der Waals surface area contributed by atoms with Gasteiger partial charge in [-0.25, -0.2) is 0 Å². The molecule has 31 heavy (non-hydrogen) atoms. The lowest BCUT2D eigenvalue weighted by Gasteiger charge is -2.19. The van der Waals surface area contributed by atoms with Gasteiger partial charge >= 0.3 is 5.97 Å². The van der Waals surface area contributed by atoms with E-state index in [2.05, 4.69) is 6.92 Å². The Morgan fingerprint density at radius 2 is 1.52 bits per heavy atom. The Bertz CT molecular complexity index is 496. The maximum absolute atomic E-state index is 12.1. The van der Waals surface area contributed by atoms with Crippen LogP contribution in [0.5, 0.6) is 0 Å². The minimum Gasteiger partial charge on any atom is -0.550 e. The summed E-state index contributed by atoms with van der Waals surface area (Å²) in [6.07, 6.45) is 13.9. The van der Waals surface area contributed by atoms with Crippen LogP contribution in [0.15, 0.2) is 12.2 Å². The highest BCUT2D eigenvalue weighted by Crippen LogP contribution is 2.15. The number of esters is 1. The zero-order chi connectivity index (χ0) is 21.9. The molecular weight excluding hydrogens is 400 g/mol. The molecule has 0 saturated carbocycles. The molecule has 0 aromatic rings. The van der Waals surface area contributed by atoms with Crippen LogP contribution in [0.25, 0.3) is 0 Å². The molecule has 2 atom stereocenters. The van der Waals surface area contributed by atoms with Gasteiger partial charge in [-0.2, -0.15) is 0 Å². The van der Waals surface area contributed by atoms with Crippen molar-refractivity contribution in [2.75, 3.05) is 0 Å². The van der Waals surface area contributed by atoms with E-state index in [1.54, 1.807) is 6.08 Å². The summed E-state index contributed by atoms with van der Waals surface area (Å²) in [5.74, 6) is -3.55. The first kappa shape index (κ1) is 33.7. The monoisotopic (exact) mass is 446 g/mol. The molecule has 0 radical (unpaired) electrons. The standard InChI is InChI=1S/C23H40O6.2H3N/c1-3-5-12-16-20(4-2)29-22(26)18-19(23(27)28)15-13-10-8-6-7-9-11-14-17-21(24)25;;/h10,13,19-20H,3-9,11-12,14-18H2,1-2H3,(H,24,25)(H,27,28);2*1H3/b13-10+;;. The molecule has 0 rings (SSSR count). The third kappa shape index (κ3) is 21.1. The van der Waals surface area contributed by atoms with Gasteiger partial charge in [0.05, 0.1) is 6.42 Å². The van der Waals surface area contributed by atoms with E-state index in [0.29, 0.717) is 6.42 Å². The fourth-order valence-corrected chi connectivity index (χ4v) is 3.11. The molecule has 8 nitrogen and oxygen atoms in total. The fraction of sp³-hybridized carbons (Fsp3) is 0.783. The van der Waals surface area contributed by atoms with Gasteiger partial charge < -0.3 is 36.8 Å². The predicted octanol–water partition coefficient (Wildman–Crippen LogP) is 3.82. The maximum Gasteiger partial charge on any atom is 0.306 e. The SMILES string of the molecule is CCCCCC(CC)OC(=O)CC(C/C=C/CCCCCCCC(=O)[O-])C(=O)[O-].[NH4+].[NH4+]. The van der Waals surface area contributed by atoms with Crippen LogP contribution in [-0.2, 0) is 19.1 Å². The van der Waals surface area contributed by atoms with Crippen LogP contribution in [0.2, 0.25) is 0 Å². The summed E-state index contributed by atoms with van der Waals surface area (Å²) in [5.41, 5.74) is 0. The molecule has 0 heterocycles. The van der Waals surface area contributed by atoms with Gasteiger partial charge in [-0.1, -0.05) is 58.1 Å². The Morgan fingerprint density at radius 3 is 2.10 bits per heavy atom. The number of carboxylic acids is 2. The van der Waals surface area contributed by atoms with Gasteiger partial charge in [0.2, 0.25) is 0 Å². The number of carbonyl (C=O) groups is 3. The minimum atomic E-state index is -1.22. The summed E-state index contributed by atoms with van der Waals surface area (Å²) in [5, 5.41) is 21.6. The number of hydrogen-bond donors (Lipinski definition) is 2. The highest BCUT2D eigenvalue weighted by atomic mass is 16.5. The van der Waals surface area contributed by atoms with Gasteiger partial charge in [0, 0.05) is 17.9 Å². The van der Waals surface area contributed by atoms with Crippen LogP contribution in [0.3, 0.4) is 0 Å². The normalized spacial score (nSPS) is 12.5. The number of carboxylic acid groups (broad SMARTS) is 2. The van der Waals surface area contributed by atoms with Crippen LogP contribution in [0.4, 0.5) is 0 Å². The Hall–Kier alpha value is -1.93. The molecule has 184 valence electrons. The lowest BCUT2D eigenvalue weighted by molar-refractivity contribution is -0.312. The maximum atomic E-state index is 12.1. The van der Waals surface area contributed by atoms with Gasteiger partial charge in [-0.3, -0.25) is 4.79 Å². The Balaban J connectivity index is -0.00000392. The van der Waals surface area contributed by atoms with Gasteiger partial charge in [-0.15, -0.1) is 0 Å². The van der Waals surface area contributed by atoms with E-state index in [-0.39, 0.29) is 37.7 Å². The van der Waals surface area contributed by atoms with Crippen LogP contribution < -0.4 is 22.5 Å². The molecule has 0 amide bonds. The summed E-state index contributed by atoms with van der Waals surface area (Å²) in [6.45, 7) is 4.08. The number of ether oxygens (including phenoxy) is 1. The van der Waals surface area contributed by atoms with Crippen LogP contribution in [0.1, 0.15) is 104 Å². The Morgan fingerprint density at radius 1 is 0.871 bits per heavy atom. The third-order valence-electron chi connectivity index (χ3n) is 4.97. The Labute approximate surface area is 188 Å². The molecule has 8 heteroatoms. The van der Waals surface area contributed by atoms with E-state index < -0.39 is 23.8 Å². The van der Waals surface area contributed by atoms with Crippen LogP contribution >= 0.6 is 0 Å². The molecular formula is C23H46N2O6. The topological polar surface area (TPSA) is 180 Å². The van der Waals surface area contributed by atoms with Gasteiger partial charge in [-0.05, 0) is 51.4 Å². The fourth-order valence-electron chi connectivity index (χ4n) is 3.11. The van der Waals surface area contributed by atoms with E-state index in [0.717, 1.165) is 64.2 Å². The zero-order valence-corrected chi connectivity index (χ0v) is 20.2. The lowest BCUT2D eigenvalue weighted by Crippen LogP contribution is -2.33. The van der Waals surface area contributed by atoms with E-state index >= 15 is 0 Å². The molecule has 0 spiro atoms. The second kappa shape index (κ2) is 22.7. The molecule has 0 bridgehead atoms. The number of rotatable bonds is 19. The first-order chi connectivity index (χ1) is 13.9. The zero-order valence-electron chi connectivity index (χ0n) is 20.2. The van der Waals surface area contributed by atoms with E-state index in [4.69, 9.17) is 4.74 Å². The molecule has 0 aliphatic rings. The highest BCUT2D eigenvalue weighted by molar-refractivity contribution is 5.77. The van der Waals surface area contributed by atoms with Gasteiger partial charge in [0.15, 0.2) is 0 Å². The molecule has 0 aliphatic carbocycles. The quantitative estimate of drug-likeness (QED) is 0.173. The second-order valence-corrected chi connectivity index (χ2v) is 7.62. The number of allylic oxidation sites excluding steroid dienone is 2. The summed E-state index contributed by atoms with van der Waals surface area (Å²) in [6, 6.07) is 0. The molecule has 8 N–H and O–H groups in total. The van der Waals surface area contributed by atoms with Crippen molar-refractivity contribution < 1.29 is 29.3 Å². The number of unbranched alkanes of at least 4 members (excludes halogenated alkanes) is 7. The summed E-state index contributed by atoms with van der Waals surface area (Å²) >= 11 is 0. The first-order valence-corrected chi connectivity index (χ1v) is 11.2. The summed E-state index contributed by atoms with van der Waals surface area (Å²) < 4.78 is 5.44. The van der Waals surface area contributed by atoms with E-state index in [1.165, 1.54) is 0 Å². The summed E-state index contributed by atoms with van der Waals surface area (Å²) in [4.78, 5) is 33.7. The largest absolute Gasteiger partial charge is 0.550 e. The number of carbonyl (C=O) groups excluding carboxylic acids is 3. The molecule has 0 fully saturated rings. The summed E-state index contributed by atoms with van der Waals surface area (Å²) in [7, 11) is 0. The van der Waals surface area contributed by atoms with Crippen molar-refractivity contribution in [1.29, 1.82) is 0 Å². The average molecular weight is 447 g/mol. The third-order valence-corrected chi connectivity index (χ3v) is 4.97. The van der Waals surface area contributed by atoms with Crippen molar-refractivity contribution in [3.63, 3.8) is 0 Å². The Kier molecular flexibility index (Phi) is 24.7. The van der Waals surface area contributed by atoms with Crippen molar-refractivity contribution in [2.45, 2.75) is 110 Å². The first-order valence-electron chi connectivity index (χ1n) is 11.2. The highest BCUT2D eigenvalue weighted by Gasteiger charge is 2.18. The molecule has 2 unspecified atom stereocenters. The van der Waals surface area contributed by atoms with Crippen molar-refractivity contribution >= 4 is 17.9 Å². The van der Waals surface area contributed by atoms with Crippen LogP contribution in [0, 0.1) is 5.92 Å². The lowest BCUT2D eigenvalue weighted by atomic mass is 10.0. The molecule has 0 aromatic carbocycles. The van der Waals surface area contributed by atoms with Crippen molar-refractivity contribution in [3.05, 3.63) is 12.2 Å². The minimum absolute atomic E-state index is 0. The van der Waals surface area contributed by atoms with Crippen molar-refractivity contribution in [1.82, 2.24) is 12.3 Å². The number of hydrogen-bond acceptors (Lipinski definition) is 6. The number of quaternary nitrogens is 2. The smallest absolute Gasteiger partial charge is 0.306 e. The van der Waals surface area contributed by atoms with E-state index in [9.17, 15) is 24.6 Å². The van der Waals surface area contributed by atoms with Crippen molar-refractivity contribution in [3.8, 4) is 0 Å². The predicted molar refractivity (Wildman–Crippen MR) is 120 cm³/mol. The van der Waals surface area contributed by atoms with E-state index in [1.807, 2.05) is 13.0 Å². The second-order valence-electron chi connectivity index (χ2n) is 7.62. The molecule has 0 saturated heterocycles. The van der Waals surface area contributed by atoms with Gasteiger partial charge in [0.1, 0.15) is 6.10 Å². The average Bonchev–Trinajstić information content (AvgIpc) is 2.67. The molecule has 0 aromatic heterocycles.